The number of thioether (sulfide) groups is 1. The summed E-state index contributed by atoms with van der Waals surface area (Å²) < 4.78 is 16.5. The van der Waals surface area contributed by atoms with Crippen LogP contribution in [0.5, 0.6) is 0 Å². The second kappa shape index (κ2) is 8.71. The first-order chi connectivity index (χ1) is 13.7. The molecule has 0 aliphatic carbocycles. The van der Waals surface area contributed by atoms with Crippen molar-refractivity contribution in [3.63, 3.8) is 0 Å². The second-order valence-electron chi connectivity index (χ2n) is 6.29. The first-order valence-corrected chi connectivity index (χ1v) is 10.6. The monoisotopic (exact) mass is 453 g/mol. The summed E-state index contributed by atoms with van der Waals surface area (Å²) >= 11 is 5.08. The van der Waals surface area contributed by atoms with Crippen LogP contribution in [0.25, 0.3) is 5.69 Å². The largest absolute Gasteiger partial charge is 0.274 e. The molecule has 0 spiro atoms. The summed E-state index contributed by atoms with van der Waals surface area (Å²) in [5, 5.41) is 9.64. The van der Waals surface area contributed by atoms with E-state index in [0.717, 1.165) is 32.5 Å². The number of hydrogen-bond donors (Lipinski definition) is 0. The fraction of sp³-hybridized carbons (Fsp3) is 0.0909. The Balaban J connectivity index is 1.65. The summed E-state index contributed by atoms with van der Waals surface area (Å²) in [6.45, 7) is 0. The maximum Gasteiger partial charge on any atom is 0.196 e. The highest BCUT2D eigenvalue weighted by molar-refractivity contribution is 9.10. The van der Waals surface area contributed by atoms with Gasteiger partial charge in [0, 0.05) is 22.3 Å². The minimum absolute atomic E-state index is 0.259. The summed E-state index contributed by atoms with van der Waals surface area (Å²) in [4.78, 5) is 0. The van der Waals surface area contributed by atoms with E-state index in [-0.39, 0.29) is 5.82 Å². The number of nitrogens with zero attached hydrogens (tertiary/aromatic N) is 3. The van der Waals surface area contributed by atoms with E-state index in [0.29, 0.717) is 6.42 Å². The molecule has 0 aliphatic heterocycles. The van der Waals surface area contributed by atoms with Crippen molar-refractivity contribution in [2.24, 2.45) is 0 Å². The van der Waals surface area contributed by atoms with Gasteiger partial charge in [0.1, 0.15) is 11.6 Å². The van der Waals surface area contributed by atoms with Gasteiger partial charge in [-0.15, -0.1) is 10.2 Å². The molecular formula is C22H17BrFN3S. The molecule has 0 unspecified atom stereocenters. The predicted molar refractivity (Wildman–Crippen MR) is 114 cm³/mol. The van der Waals surface area contributed by atoms with Crippen LogP contribution >= 0.6 is 27.7 Å². The Morgan fingerprint density at radius 1 is 0.821 bits per heavy atom. The fourth-order valence-corrected chi connectivity index (χ4v) is 4.06. The molecule has 4 aromatic rings. The molecule has 0 saturated carbocycles. The van der Waals surface area contributed by atoms with Crippen LogP contribution in [0.3, 0.4) is 0 Å². The molecule has 1 aromatic heterocycles. The van der Waals surface area contributed by atoms with Gasteiger partial charge in [0.2, 0.25) is 0 Å². The van der Waals surface area contributed by atoms with Crippen LogP contribution in [-0.2, 0) is 12.2 Å². The molecule has 0 fully saturated rings. The summed E-state index contributed by atoms with van der Waals surface area (Å²) in [5.41, 5.74) is 3.21. The molecule has 6 heteroatoms. The van der Waals surface area contributed by atoms with Gasteiger partial charge in [-0.3, -0.25) is 4.57 Å². The number of rotatable bonds is 6. The maximum absolute atomic E-state index is 13.4. The molecule has 0 bridgehead atoms. The van der Waals surface area contributed by atoms with Crippen LogP contribution in [0.4, 0.5) is 4.39 Å². The molecule has 1 heterocycles. The van der Waals surface area contributed by atoms with Crippen LogP contribution in [0.15, 0.2) is 88.5 Å². The average molecular weight is 454 g/mol. The van der Waals surface area contributed by atoms with Gasteiger partial charge in [-0.1, -0.05) is 70.2 Å². The minimum atomic E-state index is -0.259. The molecule has 3 nitrogen and oxygen atoms in total. The van der Waals surface area contributed by atoms with Gasteiger partial charge in [-0.2, -0.15) is 0 Å². The van der Waals surface area contributed by atoms with E-state index >= 15 is 0 Å². The lowest BCUT2D eigenvalue weighted by Crippen LogP contribution is -2.04. The van der Waals surface area contributed by atoms with E-state index in [9.17, 15) is 4.39 Å². The first kappa shape index (κ1) is 18.9. The smallest absolute Gasteiger partial charge is 0.196 e. The van der Waals surface area contributed by atoms with Gasteiger partial charge in [0.05, 0.1) is 0 Å². The van der Waals surface area contributed by atoms with Crippen LogP contribution in [0.2, 0.25) is 0 Å². The molecule has 4 rings (SSSR count). The Morgan fingerprint density at radius 3 is 2.25 bits per heavy atom. The standard InChI is InChI=1S/C22H17BrFN3S/c23-18-8-6-17(7-9-18)15-28-22-26-25-21(14-16-4-2-1-3-5-16)27(22)20-12-10-19(24)11-13-20/h1-13H,14-15H2. The highest BCUT2D eigenvalue weighted by atomic mass is 79.9. The molecular weight excluding hydrogens is 437 g/mol. The quantitative estimate of drug-likeness (QED) is 0.332. The Labute approximate surface area is 175 Å². The van der Waals surface area contributed by atoms with Crippen molar-refractivity contribution in [2.75, 3.05) is 0 Å². The molecule has 28 heavy (non-hydrogen) atoms. The van der Waals surface area contributed by atoms with E-state index < -0.39 is 0 Å². The number of benzene rings is 3. The van der Waals surface area contributed by atoms with Crippen LogP contribution < -0.4 is 0 Å². The Bertz CT molecular complexity index is 1050. The fourth-order valence-electron chi connectivity index (χ4n) is 2.86. The highest BCUT2D eigenvalue weighted by Gasteiger charge is 2.15. The van der Waals surface area contributed by atoms with Crippen LogP contribution in [0, 0.1) is 5.82 Å². The number of aromatic nitrogens is 3. The zero-order valence-electron chi connectivity index (χ0n) is 14.9. The van der Waals surface area contributed by atoms with E-state index in [2.05, 4.69) is 50.4 Å². The maximum atomic E-state index is 13.4. The highest BCUT2D eigenvalue weighted by Crippen LogP contribution is 2.27. The van der Waals surface area contributed by atoms with Gasteiger partial charge in [-0.25, -0.2) is 4.39 Å². The van der Waals surface area contributed by atoms with Crippen molar-refractivity contribution in [2.45, 2.75) is 17.3 Å². The normalized spacial score (nSPS) is 10.9. The van der Waals surface area contributed by atoms with Crippen molar-refractivity contribution in [3.8, 4) is 5.69 Å². The van der Waals surface area contributed by atoms with Crippen molar-refractivity contribution in [1.29, 1.82) is 0 Å². The van der Waals surface area contributed by atoms with Crippen molar-refractivity contribution >= 4 is 27.7 Å². The molecule has 0 aliphatic rings. The average Bonchev–Trinajstić information content (AvgIpc) is 3.11. The Hall–Kier alpha value is -2.44. The molecule has 0 atom stereocenters. The zero-order valence-corrected chi connectivity index (χ0v) is 17.3. The van der Waals surface area contributed by atoms with E-state index in [1.165, 1.54) is 17.7 Å². The van der Waals surface area contributed by atoms with E-state index in [4.69, 9.17) is 0 Å². The number of halogens is 2. The molecule has 140 valence electrons. The van der Waals surface area contributed by atoms with Crippen LogP contribution in [0.1, 0.15) is 17.0 Å². The third-order valence-corrected chi connectivity index (χ3v) is 5.80. The van der Waals surface area contributed by atoms with Gasteiger partial charge in [0.25, 0.3) is 0 Å². The van der Waals surface area contributed by atoms with Crippen molar-refractivity contribution < 1.29 is 4.39 Å². The van der Waals surface area contributed by atoms with E-state index in [1.807, 2.05) is 34.9 Å². The summed E-state index contributed by atoms with van der Waals surface area (Å²) in [6.07, 6.45) is 0.657. The van der Waals surface area contributed by atoms with Gasteiger partial charge >= 0.3 is 0 Å². The lowest BCUT2D eigenvalue weighted by Gasteiger charge is -2.10. The lowest BCUT2D eigenvalue weighted by atomic mass is 10.1. The third kappa shape index (κ3) is 4.51. The summed E-state index contributed by atoms with van der Waals surface area (Å²) in [5.74, 6) is 1.35. The number of hydrogen-bond acceptors (Lipinski definition) is 3. The van der Waals surface area contributed by atoms with Crippen molar-refractivity contribution in [3.05, 3.63) is 106 Å². The predicted octanol–water partition coefficient (Wildman–Crippen LogP) is 6.05. The van der Waals surface area contributed by atoms with Crippen LogP contribution in [-0.4, -0.2) is 14.8 Å². The van der Waals surface area contributed by atoms with E-state index in [1.54, 1.807) is 23.9 Å². The molecule has 0 saturated heterocycles. The molecule has 0 amide bonds. The third-order valence-electron chi connectivity index (χ3n) is 4.27. The first-order valence-electron chi connectivity index (χ1n) is 8.80. The molecule has 0 N–H and O–H groups in total. The van der Waals surface area contributed by atoms with Crippen molar-refractivity contribution in [1.82, 2.24) is 14.8 Å². The van der Waals surface area contributed by atoms with Gasteiger partial charge in [-0.05, 0) is 47.5 Å². The lowest BCUT2D eigenvalue weighted by molar-refractivity contribution is 0.627. The molecule has 3 aromatic carbocycles. The molecule has 0 radical (unpaired) electrons. The second-order valence-corrected chi connectivity index (χ2v) is 8.15. The Morgan fingerprint density at radius 2 is 1.54 bits per heavy atom. The summed E-state index contributed by atoms with van der Waals surface area (Å²) in [7, 11) is 0. The van der Waals surface area contributed by atoms with Gasteiger partial charge < -0.3 is 0 Å². The topological polar surface area (TPSA) is 30.7 Å². The SMILES string of the molecule is Fc1ccc(-n2c(Cc3ccccc3)nnc2SCc2ccc(Br)cc2)cc1. The minimum Gasteiger partial charge on any atom is -0.274 e. The Kier molecular flexibility index (Phi) is 5.88. The summed E-state index contributed by atoms with van der Waals surface area (Å²) in [6, 6.07) is 24.8. The zero-order chi connectivity index (χ0) is 19.3. The van der Waals surface area contributed by atoms with Gasteiger partial charge in [0.15, 0.2) is 5.16 Å².